The van der Waals surface area contributed by atoms with E-state index in [-0.39, 0.29) is 18.6 Å². The maximum atomic E-state index is 12.8. The van der Waals surface area contributed by atoms with Gasteiger partial charge in [-0.05, 0) is 22.3 Å². The third-order valence-corrected chi connectivity index (χ3v) is 5.83. The van der Waals surface area contributed by atoms with Crippen molar-refractivity contribution in [2.45, 2.75) is 31.1 Å². The van der Waals surface area contributed by atoms with Gasteiger partial charge in [0.15, 0.2) is 0 Å². The highest BCUT2D eigenvalue weighted by Crippen LogP contribution is 2.58. The minimum absolute atomic E-state index is 0.150. The molecule has 2 bridgehead atoms. The highest BCUT2D eigenvalue weighted by Gasteiger charge is 2.48. The van der Waals surface area contributed by atoms with Crippen molar-refractivity contribution in [1.82, 2.24) is 4.90 Å². The van der Waals surface area contributed by atoms with Crippen LogP contribution in [-0.2, 0) is 14.3 Å². The molecule has 0 aromatic heterocycles. The molecule has 0 unspecified atom stereocenters. The van der Waals surface area contributed by atoms with Gasteiger partial charge in [0.05, 0.1) is 25.7 Å². The summed E-state index contributed by atoms with van der Waals surface area (Å²) in [6, 6.07) is 15.1. The lowest BCUT2D eigenvalue weighted by atomic mass is 9.82. The second-order valence-electron chi connectivity index (χ2n) is 7.24. The maximum absolute atomic E-state index is 12.8. The van der Waals surface area contributed by atoms with Crippen molar-refractivity contribution in [1.29, 1.82) is 0 Å². The summed E-state index contributed by atoms with van der Waals surface area (Å²) < 4.78 is 11.4. The molecule has 0 spiro atoms. The Labute approximate surface area is 162 Å². The molecule has 3 heterocycles. The van der Waals surface area contributed by atoms with Gasteiger partial charge in [0, 0.05) is 17.7 Å². The van der Waals surface area contributed by atoms with E-state index < -0.39 is 18.1 Å². The van der Waals surface area contributed by atoms with Crippen molar-refractivity contribution < 1.29 is 24.2 Å². The van der Waals surface area contributed by atoms with E-state index in [1.165, 1.54) is 12.0 Å². The Morgan fingerprint density at radius 2 is 1.79 bits per heavy atom. The number of carboxylic acids is 1. The SMILES string of the molecule is COC(=O)N1C2=C(c3ccccc3[C@@H]1CC(=O)O)[C@H]1O[C@@H](C2)c2ccccc21. The zero-order valence-corrected chi connectivity index (χ0v) is 15.3. The number of hydrogen-bond acceptors (Lipinski definition) is 4. The molecule has 1 N–H and O–H groups in total. The zero-order chi connectivity index (χ0) is 19.4. The molecule has 3 atom stereocenters. The number of ether oxygens (including phenoxy) is 2. The highest BCUT2D eigenvalue weighted by atomic mass is 16.5. The molecule has 6 heteroatoms. The van der Waals surface area contributed by atoms with Gasteiger partial charge in [-0.2, -0.15) is 0 Å². The molecule has 0 aliphatic carbocycles. The molecule has 142 valence electrons. The van der Waals surface area contributed by atoms with Gasteiger partial charge in [0.1, 0.15) is 6.10 Å². The Balaban J connectivity index is 1.75. The van der Waals surface area contributed by atoms with E-state index in [4.69, 9.17) is 9.47 Å². The number of benzene rings is 2. The lowest BCUT2D eigenvalue weighted by Gasteiger charge is -2.42. The summed E-state index contributed by atoms with van der Waals surface area (Å²) in [7, 11) is 1.32. The number of rotatable bonds is 2. The van der Waals surface area contributed by atoms with Crippen LogP contribution in [0.1, 0.15) is 53.3 Å². The van der Waals surface area contributed by atoms with E-state index in [2.05, 4.69) is 12.1 Å². The van der Waals surface area contributed by atoms with E-state index >= 15 is 0 Å². The van der Waals surface area contributed by atoms with E-state index in [0.29, 0.717) is 6.42 Å². The number of fused-ring (bicyclic) bond motifs is 8. The zero-order valence-electron chi connectivity index (χ0n) is 15.3. The fourth-order valence-electron chi connectivity index (χ4n) is 4.76. The standard InChI is InChI=1S/C22H19NO5/c1-27-22(26)23-16(11-19(24)25)12-6-2-4-8-14(12)20-17(23)10-18-13-7-3-5-9-15(13)21(20)28-18/h2-9,16,18,21H,10-11H2,1H3,(H,24,25)/t16-,18-,21-/m0/s1. The van der Waals surface area contributed by atoms with Crippen LogP contribution >= 0.6 is 0 Å². The Morgan fingerprint density at radius 1 is 1.11 bits per heavy atom. The van der Waals surface area contributed by atoms with E-state index in [0.717, 1.165) is 33.5 Å². The third-order valence-electron chi connectivity index (χ3n) is 5.83. The predicted molar refractivity (Wildman–Crippen MR) is 100 cm³/mol. The fourth-order valence-corrected chi connectivity index (χ4v) is 4.76. The number of amides is 1. The van der Waals surface area contributed by atoms with Crippen molar-refractivity contribution in [2.24, 2.45) is 0 Å². The van der Waals surface area contributed by atoms with Crippen LogP contribution in [0.3, 0.4) is 0 Å². The minimum Gasteiger partial charge on any atom is -0.481 e. The second-order valence-corrected chi connectivity index (χ2v) is 7.24. The number of carboxylic acid groups (broad SMARTS) is 1. The second kappa shape index (κ2) is 6.21. The Hall–Kier alpha value is -3.12. The normalized spacial score (nSPS) is 24.3. The average molecular weight is 377 g/mol. The molecule has 2 aromatic carbocycles. The predicted octanol–water partition coefficient (Wildman–Crippen LogP) is 4.21. The summed E-state index contributed by atoms with van der Waals surface area (Å²) in [4.78, 5) is 25.9. The molecular formula is C22H19NO5. The van der Waals surface area contributed by atoms with Crippen molar-refractivity contribution >= 4 is 17.6 Å². The highest BCUT2D eigenvalue weighted by molar-refractivity contribution is 5.86. The summed E-state index contributed by atoms with van der Waals surface area (Å²) in [6.07, 6.45) is -0.653. The van der Waals surface area contributed by atoms with Crippen molar-refractivity contribution in [2.75, 3.05) is 7.11 Å². The fraction of sp³-hybridized carbons (Fsp3) is 0.273. The largest absolute Gasteiger partial charge is 0.481 e. The molecule has 0 saturated heterocycles. The summed E-state index contributed by atoms with van der Waals surface area (Å²) in [5.41, 5.74) is 5.72. The van der Waals surface area contributed by atoms with E-state index in [1.54, 1.807) is 0 Å². The van der Waals surface area contributed by atoms with E-state index in [1.807, 2.05) is 36.4 Å². The average Bonchev–Trinajstić information content (AvgIpc) is 3.00. The number of aliphatic carboxylic acids is 1. The van der Waals surface area contributed by atoms with Gasteiger partial charge in [-0.15, -0.1) is 0 Å². The first-order valence-corrected chi connectivity index (χ1v) is 9.25. The molecule has 0 saturated carbocycles. The van der Waals surface area contributed by atoms with Gasteiger partial charge >= 0.3 is 12.1 Å². The first-order valence-electron chi connectivity index (χ1n) is 9.25. The molecule has 0 fully saturated rings. The van der Waals surface area contributed by atoms with Crippen LogP contribution in [0.2, 0.25) is 0 Å². The number of hydrogen-bond donors (Lipinski definition) is 1. The van der Waals surface area contributed by atoms with Gasteiger partial charge in [-0.3, -0.25) is 9.69 Å². The Bertz CT molecular complexity index is 1030. The van der Waals surface area contributed by atoms with Gasteiger partial charge < -0.3 is 14.6 Å². The summed E-state index contributed by atoms with van der Waals surface area (Å²) in [6.45, 7) is 0. The minimum atomic E-state index is -0.962. The first kappa shape index (κ1) is 17.0. The summed E-state index contributed by atoms with van der Waals surface area (Å²) in [5, 5.41) is 9.50. The molecule has 3 aliphatic rings. The number of nitrogens with zero attached hydrogens (tertiary/aromatic N) is 1. The maximum Gasteiger partial charge on any atom is 0.414 e. The number of carbonyl (C=O) groups is 2. The first-order chi connectivity index (χ1) is 13.6. The van der Waals surface area contributed by atoms with Crippen LogP contribution in [0.5, 0.6) is 0 Å². The number of methoxy groups -OCH3 is 1. The smallest absolute Gasteiger partial charge is 0.414 e. The third kappa shape index (κ3) is 2.31. The summed E-state index contributed by atoms with van der Waals surface area (Å²) in [5.74, 6) is -0.962. The Kier molecular flexibility index (Phi) is 3.77. The van der Waals surface area contributed by atoms with Crippen molar-refractivity contribution in [3.8, 4) is 0 Å². The molecular weight excluding hydrogens is 358 g/mol. The van der Waals surface area contributed by atoms with Gasteiger partial charge in [0.25, 0.3) is 0 Å². The quantitative estimate of drug-likeness (QED) is 0.848. The van der Waals surface area contributed by atoms with Crippen LogP contribution in [0.4, 0.5) is 4.79 Å². The van der Waals surface area contributed by atoms with Crippen molar-refractivity contribution in [3.63, 3.8) is 0 Å². The van der Waals surface area contributed by atoms with Gasteiger partial charge in [-0.1, -0.05) is 48.5 Å². The monoisotopic (exact) mass is 377 g/mol. The molecule has 6 nitrogen and oxygen atoms in total. The van der Waals surface area contributed by atoms with Crippen LogP contribution in [0.15, 0.2) is 54.2 Å². The molecule has 0 radical (unpaired) electrons. The van der Waals surface area contributed by atoms with E-state index in [9.17, 15) is 14.7 Å². The Morgan fingerprint density at radius 3 is 2.50 bits per heavy atom. The van der Waals surface area contributed by atoms with Crippen LogP contribution in [-0.4, -0.2) is 29.2 Å². The van der Waals surface area contributed by atoms with Crippen LogP contribution in [0, 0.1) is 0 Å². The van der Waals surface area contributed by atoms with Crippen LogP contribution in [0.25, 0.3) is 5.57 Å². The molecule has 2 aromatic rings. The molecule has 5 rings (SSSR count). The molecule has 28 heavy (non-hydrogen) atoms. The topological polar surface area (TPSA) is 76.1 Å². The lowest BCUT2D eigenvalue weighted by molar-refractivity contribution is -0.138. The number of carbonyl (C=O) groups excluding carboxylic acids is 1. The van der Waals surface area contributed by atoms with Crippen molar-refractivity contribution in [3.05, 3.63) is 76.5 Å². The van der Waals surface area contributed by atoms with Gasteiger partial charge in [-0.25, -0.2) is 4.79 Å². The van der Waals surface area contributed by atoms with Gasteiger partial charge in [0.2, 0.25) is 0 Å². The molecule has 1 amide bonds. The van der Waals surface area contributed by atoms with Crippen LogP contribution < -0.4 is 0 Å². The molecule has 3 aliphatic heterocycles. The lowest BCUT2D eigenvalue weighted by Crippen LogP contribution is -2.40. The summed E-state index contributed by atoms with van der Waals surface area (Å²) >= 11 is 0.